The third-order valence-corrected chi connectivity index (χ3v) is 3.35. The highest BCUT2D eigenvalue weighted by Crippen LogP contribution is 2.17. The van der Waals surface area contributed by atoms with Gasteiger partial charge >= 0.3 is 0 Å². The number of rotatable bonds is 7. The second kappa shape index (κ2) is 8.36. The minimum atomic E-state index is -0.392. The Morgan fingerprint density at radius 1 is 1.52 bits per heavy atom. The van der Waals surface area contributed by atoms with Crippen LogP contribution in [0.4, 0.5) is 0 Å². The van der Waals surface area contributed by atoms with Gasteiger partial charge in [0.2, 0.25) is 5.91 Å². The molecule has 0 spiro atoms. The fourth-order valence-electron chi connectivity index (χ4n) is 2.24. The Morgan fingerprint density at radius 3 is 2.57 bits per heavy atom. The van der Waals surface area contributed by atoms with Crippen molar-refractivity contribution in [2.45, 2.75) is 44.9 Å². The van der Waals surface area contributed by atoms with Gasteiger partial charge in [0, 0.05) is 32.0 Å². The van der Waals surface area contributed by atoms with Gasteiger partial charge in [0.1, 0.15) is 6.04 Å². The number of methoxy groups -OCH3 is 1. The van der Waals surface area contributed by atoms with Gasteiger partial charge in [-0.2, -0.15) is 5.10 Å². The molecule has 122 valence electrons. The van der Waals surface area contributed by atoms with Crippen molar-refractivity contribution in [3.8, 4) is 0 Å². The zero-order valence-electron chi connectivity index (χ0n) is 13.6. The fraction of sp³-hybridized carbons (Fsp3) is 0.714. The monoisotopic (exact) mass is 318 g/mol. The average molecular weight is 319 g/mol. The second-order valence-electron chi connectivity index (χ2n) is 5.75. The van der Waals surface area contributed by atoms with Crippen LogP contribution in [0.5, 0.6) is 0 Å². The Kier molecular flexibility index (Phi) is 7.92. The van der Waals surface area contributed by atoms with Crippen molar-refractivity contribution in [2.24, 2.45) is 7.05 Å². The SMILES string of the molecule is CNC(C(=O)NC(C)CC(C)(C)OC)c1cnn(C)c1.Cl. The molecule has 0 fully saturated rings. The molecule has 7 heteroatoms. The number of nitrogens with one attached hydrogen (secondary N) is 2. The zero-order valence-corrected chi connectivity index (χ0v) is 14.5. The van der Waals surface area contributed by atoms with E-state index in [0.717, 1.165) is 12.0 Å². The van der Waals surface area contributed by atoms with E-state index >= 15 is 0 Å². The lowest BCUT2D eigenvalue weighted by Gasteiger charge is -2.28. The summed E-state index contributed by atoms with van der Waals surface area (Å²) in [5, 5.41) is 10.1. The number of aromatic nitrogens is 2. The Bertz CT molecular complexity index is 448. The molecule has 1 aromatic rings. The number of carbonyl (C=O) groups excluding carboxylic acids is 1. The van der Waals surface area contributed by atoms with E-state index in [-0.39, 0.29) is 30.0 Å². The van der Waals surface area contributed by atoms with E-state index in [4.69, 9.17) is 4.74 Å². The Morgan fingerprint density at radius 2 is 2.14 bits per heavy atom. The summed E-state index contributed by atoms with van der Waals surface area (Å²) in [5.74, 6) is -0.0556. The van der Waals surface area contributed by atoms with Gasteiger partial charge in [0.05, 0.1) is 11.8 Å². The number of amides is 1. The molecular weight excluding hydrogens is 292 g/mol. The average Bonchev–Trinajstić information content (AvgIpc) is 2.75. The maximum Gasteiger partial charge on any atom is 0.242 e. The van der Waals surface area contributed by atoms with Crippen LogP contribution in [0.25, 0.3) is 0 Å². The summed E-state index contributed by atoms with van der Waals surface area (Å²) in [5.41, 5.74) is 0.599. The standard InChI is InChI=1S/C14H26N4O2.ClH/c1-10(7-14(2,3)20-6)17-13(19)12(15-4)11-8-16-18(5)9-11;/h8-10,12,15H,7H2,1-6H3,(H,17,19);1H. The number of likely N-dealkylation sites (N-methyl/N-ethyl adjacent to an activating group) is 1. The molecule has 0 aliphatic carbocycles. The Labute approximate surface area is 133 Å². The van der Waals surface area contributed by atoms with Crippen LogP contribution >= 0.6 is 12.4 Å². The van der Waals surface area contributed by atoms with E-state index in [2.05, 4.69) is 15.7 Å². The molecule has 2 unspecified atom stereocenters. The van der Waals surface area contributed by atoms with Crippen LogP contribution in [0, 0.1) is 0 Å². The van der Waals surface area contributed by atoms with Crippen molar-refractivity contribution in [1.29, 1.82) is 0 Å². The highest BCUT2D eigenvalue weighted by atomic mass is 35.5. The van der Waals surface area contributed by atoms with Crippen LogP contribution in [0.15, 0.2) is 12.4 Å². The lowest BCUT2D eigenvalue weighted by Crippen LogP contribution is -2.43. The summed E-state index contributed by atoms with van der Waals surface area (Å²) >= 11 is 0. The first kappa shape index (κ1) is 19.9. The van der Waals surface area contributed by atoms with Gasteiger partial charge in [-0.15, -0.1) is 12.4 Å². The van der Waals surface area contributed by atoms with Gasteiger partial charge in [0.25, 0.3) is 0 Å². The van der Waals surface area contributed by atoms with Crippen LogP contribution in [0.1, 0.15) is 38.8 Å². The van der Waals surface area contributed by atoms with Crippen LogP contribution < -0.4 is 10.6 Å². The van der Waals surface area contributed by atoms with E-state index < -0.39 is 6.04 Å². The quantitative estimate of drug-likeness (QED) is 0.798. The first-order chi connectivity index (χ1) is 9.29. The van der Waals surface area contributed by atoms with Crippen molar-refractivity contribution in [2.75, 3.05) is 14.2 Å². The van der Waals surface area contributed by atoms with Gasteiger partial charge in [-0.3, -0.25) is 9.48 Å². The Balaban J connectivity index is 0.00000400. The second-order valence-corrected chi connectivity index (χ2v) is 5.75. The maximum absolute atomic E-state index is 12.3. The van der Waals surface area contributed by atoms with Crippen LogP contribution in [-0.2, 0) is 16.6 Å². The third kappa shape index (κ3) is 6.03. The van der Waals surface area contributed by atoms with Gasteiger partial charge in [0.15, 0.2) is 0 Å². The highest BCUT2D eigenvalue weighted by molar-refractivity contribution is 5.85. The molecule has 0 radical (unpaired) electrons. The lowest BCUT2D eigenvalue weighted by atomic mass is 9.99. The number of halogens is 1. The Hall–Kier alpha value is -1.11. The fourth-order valence-corrected chi connectivity index (χ4v) is 2.24. The van der Waals surface area contributed by atoms with Crippen LogP contribution in [0.3, 0.4) is 0 Å². The van der Waals surface area contributed by atoms with Crippen molar-refractivity contribution in [1.82, 2.24) is 20.4 Å². The summed E-state index contributed by atoms with van der Waals surface area (Å²) < 4.78 is 7.07. The smallest absolute Gasteiger partial charge is 0.242 e. The molecule has 0 saturated carbocycles. The summed E-state index contributed by atoms with van der Waals surface area (Å²) in [6.45, 7) is 5.99. The van der Waals surface area contributed by atoms with Gasteiger partial charge < -0.3 is 15.4 Å². The summed E-state index contributed by atoms with van der Waals surface area (Å²) in [6.07, 6.45) is 4.29. The molecular formula is C14H27ClN4O2. The number of carbonyl (C=O) groups is 1. The van der Waals surface area contributed by atoms with E-state index in [1.807, 2.05) is 34.0 Å². The molecule has 21 heavy (non-hydrogen) atoms. The predicted molar refractivity (Wildman–Crippen MR) is 85.6 cm³/mol. The minimum absolute atomic E-state index is 0. The molecule has 1 heterocycles. The maximum atomic E-state index is 12.3. The summed E-state index contributed by atoms with van der Waals surface area (Å²) in [7, 11) is 5.28. The molecule has 1 aromatic heterocycles. The molecule has 0 aliphatic heterocycles. The predicted octanol–water partition coefficient (Wildman–Crippen LogP) is 1.42. The summed E-state index contributed by atoms with van der Waals surface area (Å²) in [6, 6.07) is -0.359. The van der Waals surface area contributed by atoms with E-state index in [1.165, 1.54) is 0 Å². The van der Waals surface area contributed by atoms with E-state index in [1.54, 1.807) is 25.0 Å². The van der Waals surface area contributed by atoms with Crippen molar-refractivity contribution in [3.05, 3.63) is 18.0 Å². The molecule has 0 bridgehead atoms. The minimum Gasteiger partial charge on any atom is -0.379 e. The number of hydrogen-bond donors (Lipinski definition) is 2. The van der Waals surface area contributed by atoms with E-state index in [0.29, 0.717) is 0 Å². The summed E-state index contributed by atoms with van der Waals surface area (Å²) in [4.78, 5) is 12.3. The van der Waals surface area contributed by atoms with Crippen LogP contribution in [0.2, 0.25) is 0 Å². The molecule has 2 atom stereocenters. The number of aryl methyl sites for hydroxylation is 1. The number of hydrogen-bond acceptors (Lipinski definition) is 4. The molecule has 2 N–H and O–H groups in total. The molecule has 1 rings (SSSR count). The lowest BCUT2D eigenvalue weighted by molar-refractivity contribution is -0.124. The van der Waals surface area contributed by atoms with Crippen molar-refractivity contribution < 1.29 is 9.53 Å². The molecule has 1 amide bonds. The van der Waals surface area contributed by atoms with Crippen molar-refractivity contribution in [3.63, 3.8) is 0 Å². The molecule has 6 nitrogen and oxygen atoms in total. The molecule has 0 saturated heterocycles. The highest BCUT2D eigenvalue weighted by Gasteiger charge is 2.25. The first-order valence-electron chi connectivity index (χ1n) is 6.80. The van der Waals surface area contributed by atoms with E-state index in [9.17, 15) is 4.79 Å². The van der Waals surface area contributed by atoms with Gasteiger partial charge in [-0.1, -0.05) is 0 Å². The van der Waals surface area contributed by atoms with Crippen LogP contribution in [-0.4, -0.2) is 41.5 Å². The zero-order chi connectivity index (χ0) is 15.3. The topological polar surface area (TPSA) is 68.2 Å². The number of nitrogens with zero attached hydrogens (tertiary/aromatic N) is 2. The largest absolute Gasteiger partial charge is 0.379 e. The number of ether oxygens (including phenoxy) is 1. The van der Waals surface area contributed by atoms with Gasteiger partial charge in [-0.25, -0.2) is 0 Å². The van der Waals surface area contributed by atoms with Gasteiger partial charge in [-0.05, 0) is 34.2 Å². The third-order valence-electron chi connectivity index (χ3n) is 3.35. The van der Waals surface area contributed by atoms with Crippen molar-refractivity contribution >= 4 is 18.3 Å². The first-order valence-corrected chi connectivity index (χ1v) is 6.80. The molecule has 0 aromatic carbocycles. The molecule has 0 aliphatic rings. The normalized spacial score (nSPS) is 14.2.